The summed E-state index contributed by atoms with van der Waals surface area (Å²) >= 11 is 3.69. The number of allylic oxidation sites excluding steroid dienone is 8. The van der Waals surface area contributed by atoms with Gasteiger partial charge in [0.05, 0.1) is 0 Å². The first kappa shape index (κ1) is 14.8. The molecule has 2 bridgehead atoms. The van der Waals surface area contributed by atoms with Crippen molar-refractivity contribution in [2.75, 3.05) is 0 Å². The highest BCUT2D eigenvalue weighted by atomic mass is 79.9. The van der Waals surface area contributed by atoms with Crippen molar-refractivity contribution in [3.05, 3.63) is 87.1 Å². The van der Waals surface area contributed by atoms with Crippen LogP contribution in [0.3, 0.4) is 0 Å². The molecule has 0 radical (unpaired) electrons. The molecule has 1 nitrogen and oxygen atoms in total. The van der Waals surface area contributed by atoms with Gasteiger partial charge in [-0.1, -0.05) is 72.3 Å². The molecule has 0 aromatic heterocycles. The third-order valence-electron chi connectivity index (χ3n) is 5.02. The number of dihydropyridines is 1. The first-order valence-corrected chi connectivity index (χ1v) is 9.01. The quantitative estimate of drug-likeness (QED) is 0.662. The average molecular weight is 366 g/mol. The summed E-state index contributed by atoms with van der Waals surface area (Å²) in [6, 6.07) is 8.75. The van der Waals surface area contributed by atoms with Crippen molar-refractivity contribution in [1.29, 1.82) is 0 Å². The van der Waals surface area contributed by atoms with Gasteiger partial charge in [0.15, 0.2) is 0 Å². The highest BCUT2D eigenvalue weighted by molar-refractivity contribution is 9.11. The van der Waals surface area contributed by atoms with E-state index < -0.39 is 0 Å². The molecule has 0 amide bonds. The molecule has 2 heterocycles. The van der Waals surface area contributed by atoms with Crippen LogP contribution in [-0.2, 0) is 0 Å². The molecule has 0 saturated heterocycles. The second kappa shape index (κ2) is 5.68. The van der Waals surface area contributed by atoms with E-state index in [-0.39, 0.29) is 0 Å². The van der Waals surface area contributed by atoms with Crippen molar-refractivity contribution in [1.82, 2.24) is 5.32 Å². The fraction of sp³-hybridized carbons (Fsp3) is 0.238. The molecule has 2 aliphatic heterocycles. The lowest BCUT2D eigenvalue weighted by atomic mass is 9.79. The maximum Gasteiger partial charge on any atom is 0.0472 e. The van der Waals surface area contributed by atoms with Gasteiger partial charge < -0.3 is 5.32 Å². The normalized spacial score (nSPS) is 25.8. The van der Waals surface area contributed by atoms with Gasteiger partial charge in [0, 0.05) is 27.4 Å². The van der Waals surface area contributed by atoms with E-state index in [9.17, 15) is 0 Å². The number of fused-ring (bicyclic) bond motifs is 4. The van der Waals surface area contributed by atoms with Gasteiger partial charge in [0.1, 0.15) is 0 Å². The summed E-state index contributed by atoms with van der Waals surface area (Å²) in [4.78, 5) is 0. The van der Waals surface area contributed by atoms with Crippen LogP contribution in [0.25, 0.3) is 5.70 Å². The van der Waals surface area contributed by atoms with Crippen LogP contribution in [0, 0.1) is 5.92 Å². The summed E-state index contributed by atoms with van der Waals surface area (Å²) in [7, 11) is 0. The van der Waals surface area contributed by atoms with Crippen molar-refractivity contribution < 1.29 is 0 Å². The third-order valence-corrected chi connectivity index (χ3v) is 5.48. The maximum absolute atomic E-state index is 3.69. The van der Waals surface area contributed by atoms with E-state index >= 15 is 0 Å². The first-order valence-electron chi connectivity index (χ1n) is 8.21. The minimum absolute atomic E-state index is 0.370. The van der Waals surface area contributed by atoms with Crippen LogP contribution in [0.4, 0.5) is 0 Å². The smallest absolute Gasteiger partial charge is 0.0472 e. The molecule has 2 heteroatoms. The average Bonchev–Trinajstić information content (AvgIpc) is 2.63. The lowest BCUT2D eigenvalue weighted by molar-refractivity contribution is 0.672. The van der Waals surface area contributed by atoms with Crippen LogP contribution in [0.15, 0.2) is 76.0 Å². The summed E-state index contributed by atoms with van der Waals surface area (Å²) in [5.74, 6) is 0.924. The number of nitrogens with one attached hydrogen (secondary N) is 1. The minimum atomic E-state index is 0.370. The number of halogens is 1. The Morgan fingerprint density at radius 1 is 1.13 bits per heavy atom. The molecule has 23 heavy (non-hydrogen) atoms. The van der Waals surface area contributed by atoms with E-state index in [1.165, 1.54) is 33.7 Å². The summed E-state index contributed by atoms with van der Waals surface area (Å²) in [5, 5.41) is 3.67. The van der Waals surface area contributed by atoms with Gasteiger partial charge >= 0.3 is 0 Å². The predicted octanol–water partition coefficient (Wildman–Crippen LogP) is 5.80. The molecule has 4 rings (SSSR count). The Kier molecular flexibility index (Phi) is 3.65. The van der Waals surface area contributed by atoms with E-state index in [0.29, 0.717) is 11.8 Å². The molecular weight excluding hydrogens is 346 g/mol. The Bertz CT molecular complexity index is 820. The summed E-state index contributed by atoms with van der Waals surface area (Å²) in [5.41, 5.74) is 8.00. The van der Waals surface area contributed by atoms with Crippen molar-refractivity contribution in [2.24, 2.45) is 5.92 Å². The Hall–Kier alpha value is -1.80. The topological polar surface area (TPSA) is 12.0 Å². The summed E-state index contributed by atoms with van der Waals surface area (Å²) < 4.78 is 1.13. The second-order valence-electron chi connectivity index (χ2n) is 6.54. The molecule has 2 atom stereocenters. The van der Waals surface area contributed by atoms with E-state index in [2.05, 4.69) is 89.7 Å². The van der Waals surface area contributed by atoms with Crippen LogP contribution in [0.2, 0.25) is 0 Å². The Balaban J connectivity index is 1.98. The number of benzene rings is 1. The molecule has 116 valence electrons. The SMILES string of the molecule is CC1CC=CC=C1C1=C2C=C(Br)C=C(N2)c2ccccc2C1C. The zero-order valence-electron chi connectivity index (χ0n) is 13.4. The van der Waals surface area contributed by atoms with Crippen molar-refractivity contribution in [3.8, 4) is 0 Å². The molecule has 1 aromatic carbocycles. The molecule has 3 aliphatic rings. The monoisotopic (exact) mass is 365 g/mol. The maximum atomic E-state index is 3.69. The molecule has 2 unspecified atom stereocenters. The largest absolute Gasteiger partial charge is 0.355 e. The van der Waals surface area contributed by atoms with Crippen LogP contribution >= 0.6 is 15.9 Å². The predicted molar refractivity (Wildman–Crippen MR) is 101 cm³/mol. The molecule has 1 aliphatic carbocycles. The fourth-order valence-electron chi connectivity index (χ4n) is 3.84. The van der Waals surface area contributed by atoms with Crippen LogP contribution in [0.5, 0.6) is 0 Å². The van der Waals surface area contributed by atoms with Gasteiger partial charge in [-0.25, -0.2) is 0 Å². The van der Waals surface area contributed by atoms with Gasteiger partial charge in [0.25, 0.3) is 0 Å². The minimum Gasteiger partial charge on any atom is -0.355 e. The zero-order chi connectivity index (χ0) is 16.0. The number of hydrogen-bond donors (Lipinski definition) is 1. The van der Waals surface area contributed by atoms with Gasteiger partial charge in [-0.05, 0) is 41.2 Å². The van der Waals surface area contributed by atoms with Crippen molar-refractivity contribution in [3.63, 3.8) is 0 Å². The Morgan fingerprint density at radius 3 is 2.78 bits per heavy atom. The highest BCUT2D eigenvalue weighted by Crippen LogP contribution is 2.43. The van der Waals surface area contributed by atoms with Crippen molar-refractivity contribution >= 4 is 21.6 Å². The summed E-state index contributed by atoms with van der Waals surface area (Å²) in [6.07, 6.45) is 12.3. The number of hydrogen-bond acceptors (Lipinski definition) is 1. The van der Waals surface area contributed by atoms with E-state index in [0.717, 1.165) is 10.9 Å². The van der Waals surface area contributed by atoms with Crippen LogP contribution in [0.1, 0.15) is 37.3 Å². The molecule has 0 spiro atoms. The van der Waals surface area contributed by atoms with Gasteiger partial charge in [-0.15, -0.1) is 0 Å². The molecule has 0 saturated carbocycles. The zero-order valence-corrected chi connectivity index (χ0v) is 15.0. The molecule has 1 N–H and O–H groups in total. The first-order chi connectivity index (χ1) is 11.1. The van der Waals surface area contributed by atoms with Crippen LogP contribution in [-0.4, -0.2) is 0 Å². The standard InChI is InChI=1S/C21H20BrN/c1-13-7-3-4-8-16(13)21-14(2)17-9-5-6-10-18(17)19-11-15(22)12-20(21)23-19/h3-6,8-14,23H,7H2,1-2H3. The molecular formula is C21H20BrN. The van der Waals surface area contributed by atoms with E-state index in [1.54, 1.807) is 0 Å². The summed E-state index contributed by atoms with van der Waals surface area (Å²) in [6.45, 7) is 4.66. The highest BCUT2D eigenvalue weighted by Gasteiger charge is 2.29. The van der Waals surface area contributed by atoms with Gasteiger partial charge in [-0.2, -0.15) is 0 Å². The number of rotatable bonds is 1. The van der Waals surface area contributed by atoms with E-state index in [4.69, 9.17) is 0 Å². The second-order valence-corrected chi connectivity index (χ2v) is 7.45. The van der Waals surface area contributed by atoms with E-state index in [1.807, 2.05) is 0 Å². The lowest BCUT2D eigenvalue weighted by Gasteiger charge is -2.26. The molecule has 0 fully saturated rings. The Labute approximate surface area is 146 Å². The lowest BCUT2D eigenvalue weighted by Crippen LogP contribution is -2.17. The third kappa shape index (κ3) is 2.46. The van der Waals surface area contributed by atoms with Gasteiger partial charge in [-0.3, -0.25) is 0 Å². The van der Waals surface area contributed by atoms with Crippen molar-refractivity contribution in [2.45, 2.75) is 26.2 Å². The fourth-order valence-corrected chi connectivity index (χ4v) is 4.30. The Morgan fingerprint density at radius 2 is 1.96 bits per heavy atom. The van der Waals surface area contributed by atoms with Crippen LogP contribution < -0.4 is 5.32 Å². The molecule has 1 aromatic rings. The van der Waals surface area contributed by atoms with Gasteiger partial charge in [0.2, 0.25) is 0 Å².